The van der Waals surface area contributed by atoms with Gasteiger partial charge in [0.25, 0.3) is 0 Å². The minimum atomic E-state index is -0.931. The maximum atomic E-state index is 11.1. The van der Waals surface area contributed by atoms with Crippen molar-refractivity contribution in [2.24, 2.45) is 7.05 Å². The average molecular weight is 304 g/mol. The van der Waals surface area contributed by atoms with Gasteiger partial charge in [-0.1, -0.05) is 17.7 Å². The summed E-state index contributed by atoms with van der Waals surface area (Å²) in [6, 6.07) is 7.05. The number of carboxylic acids is 1. The smallest absolute Gasteiger partial charge is 0.335 e. The van der Waals surface area contributed by atoms with E-state index in [1.807, 2.05) is 36.9 Å². The largest absolute Gasteiger partial charge is 0.478 e. The minimum absolute atomic E-state index is 0.273. The second kappa shape index (κ2) is 4.93. The zero-order valence-electron chi connectivity index (χ0n) is 11.7. The number of nitrogens with zero attached hydrogens (tertiary/aromatic N) is 3. The third-order valence-corrected chi connectivity index (χ3v) is 4.09. The average Bonchev–Trinajstić information content (AvgIpc) is 2.95. The van der Waals surface area contributed by atoms with Gasteiger partial charge in [-0.15, -0.1) is 0 Å². The van der Waals surface area contributed by atoms with E-state index in [4.69, 9.17) is 16.7 Å². The molecular weight excluding hydrogens is 290 g/mol. The number of rotatable bonds is 3. The van der Waals surface area contributed by atoms with E-state index in [0.717, 1.165) is 22.3 Å². The third kappa shape index (κ3) is 2.29. The molecule has 6 heteroatoms. The lowest BCUT2D eigenvalue weighted by Crippen LogP contribution is -2.05. The molecule has 2 heterocycles. The zero-order valence-corrected chi connectivity index (χ0v) is 12.4. The van der Waals surface area contributed by atoms with Crippen molar-refractivity contribution in [2.75, 3.05) is 0 Å². The summed E-state index contributed by atoms with van der Waals surface area (Å²) < 4.78 is 3.73. The van der Waals surface area contributed by atoms with Gasteiger partial charge >= 0.3 is 5.97 Å². The fourth-order valence-corrected chi connectivity index (χ4v) is 2.69. The van der Waals surface area contributed by atoms with Gasteiger partial charge in [0.2, 0.25) is 0 Å². The monoisotopic (exact) mass is 303 g/mol. The van der Waals surface area contributed by atoms with E-state index in [1.54, 1.807) is 16.8 Å². The topological polar surface area (TPSA) is 60.0 Å². The highest BCUT2D eigenvalue weighted by molar-refractivity contribution is 6.31. The molecule has 3 aromatic rings. The van der Waals surface area contributed by atoms with E-state index in [0.29, 0.717) is 11.6 Å². The molecule has 3 rings (SSSR count). The first-order valence-electron chi connectivity index (χ1n) is 6.47. The number of aromatic nitrogens is 3. The number of hydrogen-bond acceptors (Lipinski definition) is 2. The molecule has 0 atom stereocenters. The molecule has 108 valence electrons. The van der Waals surface area contributed by atoms with Gasteiger partial charge in [0.15, 0.2) is 0 Å². The summed E-state index contributed by atoms with van der Waals surface area (Å²) >= 11 is 6.27. The lowest BCUT2D eigenvalue weighted by Gasteiger charge is -2.07. The Bertz CT molecular complexity index is 848. The molecule has 0 saturated heterocycles. The zero-order chi connectivity index (χ0) is 15.1. The van der Waals surface area contributed by atoms with Crippen molar-refractivity contribution in [3.63, 3.8) is 0 Å². The molecule has 0 radical (unpaired) electrons. The Morgan fingerprint density at radius 2 is 2.14 bits per heavy atom. The molecule has 1 aromatic carbocycles. The van der Waals surface area contributed by atoms with Crippen LogP contribution >= 0.6 is 11.6 Å². The van der Waals surface area contributed by atoms with Crippen molar-refractivity contribution >= 4 is 28.5 Å². The second-order valence-electron chi connectivity index (χ2n) is 4.99. The number of fused-ring (bicyclic) bond motifs is 1. The highest BCUT2D eigenvalue weighted by Gasteiger charge is 2.13. The van der Waals surface area contributed by atoms with Crippen molar-refractivity contribution in [3.8, 4) is 0 Å². The Hall–Kier alpha value is -2.27. The van der Waals surface area contributed by atoms with Crippen molar-refractivity contribution in [2.45, 2.75) is 13.5 Å². The van der Waals surface area contributed by atoms with Crippen molar-refractivity contribution in [1.29, 1.82) is 0 Å². The predicted octanol–water partition coefficient (Wildman–Crippen LogP) is 3.08. The maximum Gasteiger partial charge on any atom is 0.335 e. The normalized spacial score (nSPS) is 11.2. The summed E-state index contributed by atoms with van der Waals surface area (Å²) in [6.07, 6.45) is 1.93. The van der Waals surface area contributed by atoms with Crippen LogP contribution in [0.4, 0.5) is 0 Å². The first-order valence-corrected chi connectivity index (χ1v) is 6.85. The SMILES string of the molecule is Cc1nn(C)c(Cn2ccc3ccc(C(=O)O)cc32)c1Cl. The molecule has 0 amide bonds. The molecule has 0 fully saturated rings. The predicted molar refractivity (Wildman–Crippen MR) is 81.0 cm³/mol. The Balaban J connectivity index is 2.08. The van der Waals surface area contributed by atoms with E-state index in [2.05, 4.69) is 5.10 Å². The van der Waals surface area contributed by atoms with Gasteiger partial charge in [-0.2, -0.15) is 5.10 Å². The molecule has 21 heavy (non-hydrogen) atoms. The Morgan fingerprint density at radius 3 is 2.76 bits per heavy atom. The summed E-state index contributed by atoms with van der Waals surface area (Å²) in [6.45, 7) is 2.41. The van der Waals surface area contributed by atoms with Crippen LogP contribution in [0.3, 0.4) is 0 Å². The number of aryl methyl sites for hydroxylation is 2. The van der Waals surface area contributed by atoms with Gasteiger partial charge in [0, 0.05) is 18.8 Å². The standard InChI is InChI=1S/C15H14ClN3O2/c1-9-14(16)13(18(2)17-9)8-19-6-5-10-3-4-11(15(20)21)7-12(10)19/h3-7H,8H2,1-2H3,(H,20,21). The Kier molecular flexibility index (Phi) is 3.22. The number of benzene rings is 1. The van der Waals surface area contributed by atoms with E-state index < -0.39 is 5.97 Å². The molecule has 0 unspecified atom stereocenters. The lowest BCUT2D eigenvalue weighted by molar-refractivity contribution is 0.0697. The first kappa shape index (κ1) is 13.7. The lowest BCUT2D eigenvalue weighted by atomic mass is 10.1. The van der Waals surface area contributed by atoms with Gasteiger partial charge < -0.3 is 9.67 Å². The van der Waals surface area contributed by atoms with Crippen LogP contribution in [0.15, 0.2) is 30.5 Å². The Labute approximate surface area is 126 Å². The quantitative estimate of drug-likeness (QED) is 0.809. The van der Waals surface area contributed by atoms with Gasteiger partial charge in [-0.05, 0) is 30.5 Å². The molecule has 0 aliphatic rings. The maximum absolute atomic E-state index is 11.1. The van der Waals surface area contributed by atoms with E-state index in [9.17, 15) is 4.79 Å². The number of aromatic carboxylic acids is 1. The second-order valence-corrected chi connectivity index (χ2v) is 5.37. The fraction of sp³-hybridized carbons (Fsp3) is 0.200. The van der Waals surface area contributed by atoms with Gasteiger partial charge in [0.05, 0.1) is 28.5 Å². The van der Waals surface area contributed by atoms with Crippen molar-refractivity contribution in [3.05, 3.63) is 52.4 Å². The van der Waals surface area contributed by atoms with E-state index in [-0.39, 0.29) is 5.56 Å². The highest BCUT2D eigenvalue weighted by atomic mass is 35.5. The van der Waals surface area contributed by atoms with Gasteiger partial charge in [-0.3, -0.25) is 4.68 Å². The van der Waals surface area contributed by atoms with E-state index >= 15 is 0 Å². The molecule has 2 aromatic heterocycles. The first-order chi connectivity index (χ1) is 9.97. The minimum Gasteiger partial charge on any atom is -0.478 e. The van der Waals surface area contributed by atoms with Crippen LogP contribution < -0.4 is 0 Å². The number of halogens is 1. The summed E-state index contributed by atoms with van der Waals surface area (Å²) in [5.74, 6) is -0.931. The van der Waals surface area contributed by atoms with Crippen LogP contribution in [0.5, 0.6) is 0 Å². The number of hydrogen-bond donors (Lipinski definition) is 1. The molecule has 5 nitrogen and oxygen atoms in total. The summed E-state index contributed by atoms with van der Waals surface area (Å²) in [4.78, 5) is 11.1. The fourth-order valence-electron chi connectivity index (χ4n) is 2.47. The summed E-state index contributed by atoms with van der Waals surface area (Å²) in [5.41, 5.74) is 2.82. The molecule has 0 aliphatic heterocycles. The van der Waals surface area contributed by atoms with Crippen LogP contribution in [-0.2, 0) is 13.6 Å². The molecule has 0 bridgehead atoms. The Morgan fingerprint density at radius 1 is 1.38 bits per heavy atom. The molecular formula is C15H14ClN3O2. The van der Waals surface area contributed by atoms with Crippen LogP contribution in [0.2, 0.25) is 5.02 Å². The van der Waals surface area contributed by atoms with E-state index in [1.165, 1.54) is 0 Å². The van der Waals surface area contributed by atoms with Crippen LogP contribution in [-0.4, -0.2) is 25.4 Å². The molecule has 0 saturated carbocycles. The number of carboxylic acid groups (broad SMARTS) is 1. The summed E-state index contributed by atoms with van der Waals surface area (Å²) in [7, 11) is 1.85. The number of carbonyl (C=O) groups is 1. The molecule has 0 spiro atoms. The molecule has 0 aliphatic carbocycles. The van der Waals surface area contributed by atoms with Crippen LogP contribution in [0, 0.1) is 6.92 Å². The van der Waals surface area contributed by atoms with Crippen LogP contribution in [0.1, 0.15) is 21.7 Å². The highest BCUT2D eigenvalue weighted by Crippen LogP contribution is 2.23. The van der Waals surface area contributed by atoms with Gasteiger partial charge in [-0.25, -0.2) is 4.79 Å². The third-order valence-electron chi connectivity index (χ3n) is 3.60. The van der Waals surface area contributed by atoms with Crippen LogP contribution in [0.25, 0.3) is 10.9 Å². The van der Waals surface area contributed by atoms with Crippen molar-refractivity contribution < 1.29 is 9.90 Å². The summed E-state index contributed by atoms with van der Waals surface area (Å²) in [5, 5.41) is 15.0. The van der Waals surface area contributed by atoms with Gasteiger partial charge in [0.1, 0.15) is 0 Å². The van der Waals surface area contributed by atoms with Crippen molar-refractivity contribution in [1.82, 2.24) is 14.3 Å². The molecule has 1 N–H and O–H groups in total.